The lowest BCUT2D eigenvalue weighted by molar-refractivity contribution is 0.0600. The van der Waals surface area contributed by atoms with Gasteiger partial charge >= 0.3 is 5.97 Å². The topological polar surface area (TPSA) is 58.6 Å². The van der Waals surface area contributed by atoms with Gasteiger partial charge < -0.3 is 15.0 Å². The van der Waals surface area contributed by atoms with Gasteiger partial charge in [-0.1, -0.05) is 60.7 Å². The Morgan fingerprint density at radius 3 is 2.43 bits per heavy atom. The van der Waals surface area contributed by atoms with Crippen molar-refractivity contribution in [3.05, 3.63) is 107 Å². The van der Waals surface area contributed by atoms with E-state index in [0.29, 0.717) is 17.7 Å². The van der Waals surface area contributed by atoms with Crippen LogP contribution in [-0.4, -0.2) is 25.2 Å². The average molecular weight is 398 g/mol. The van der Waals surface area contributed by atoms with Gasteiger partial charge in [0.25, 0.3) is 5.91 Å². The highest BCUT2D eigenvalue weighted by Crippen LogP contribution is 2.28. The predicted molar refractivity (Wildman–Crippen MR) is 117 cm³/mol. The number of methoxy groups -OCH3 is 1. The van der Waals surface area contributed by atoms with Crippen LogP contribution in [0, 0.1) is 0 Å². The largest absolute Gasteiger partial charge is 0.465 e. The molecule has 1 aliphatic heterocycles. The summed E-state index contributed by atoms with van der Waals surface area (Å²) in [5.74, 6) is -0.457. The Kier molecular flexibility index (Phi) is 5.61. The van der Waals surface area contributed by atoms with Crippen LogP contribution in [0.4, 0.5) is 5.69 Å². The van der Waals surface area contributed by atoms with E-state index in [-0.39, 0.29) is 18.0 Å². The van der Waals surface area contributed by atoms with Crippen LogP contribution in [0.15, 0.2) is 84.9 Å². The first-order valence-electron chi connectivity index (χ1n) is 9.73. The molecule has 30 heavy (non-hydrogen) atoms. The van der Waals surface area contributed by atoms with E-state index in [1.54, 1.807) is 12.1 Å². The standard InChI is InChI=1S/C25H22N2O3/c1-30-25(29)20-14-11-18(12-15-20)13-16-23-26-24(28)21-9-5-6-10-22(21)27(23)17-19-7-3-2-4-8-19/h2-16,23H,17H2,1H3,(H,26,28)/b16-13+. The number of nitrogens with zero attached hydrogens (tertiary/aromatic N) is 1. The summed E-state index contributed by atoms with van der Waals surface area (Å²) >= 11 is 0. The Morgan fingerprint density at radius 1 is 1.00 bits per heavy atom. The molecule has 3 aromatic rings. The summed E-state index contributed by atoms with van der Waals surface area (Å²) < 4.78 is 4.74. The van der Waals surface area contributed by atoms with Gasteiger partial charge in [0.05, 0.1) is 23.9 Å². The fourth-order valence-electron chi connectivity index (χ4n) is 3.52. The first-order chi connectivity index (χ1) is 14.7. The first kappa shape index (κ1) is 19.5. The third-order valence-electron chi connectivity index (χ3n) is 5.07. The molecule has 3 aromatic carbocycles. The first-order valence-corrected chi connectivity index (χ1v) is 9.73. The average Bonchev–Trinajstić information content (AvgIpc) is 2.80. The zero-order valence-electron chi connectivity index (χ0n) is 16.6. The van der Waals surface area contributed by atoms with E-state index in [2.05, 4.69) is 22.3 Å². The number of ether oxygens (including phenoxy) is 1. The number of para-hydroxylation sites is 1. The van der Waals surface area contributed by atoms with Crippen LogP contribution in [0.25, 0.3) is 6.08 Å². The molecule has 1 atom stereocenters. The second-order valence-electron chi connectivity index (χ2n) is 7.02. The Labute approximate surface area is 175 Å². The molecule has 1 unspecified atom stereocenters. The summed E-state index contributed by atoms with van der Waals surface area (Å²) in [6, 6.07) is 24.9. The maximum absolute atomic E-state index is 12.6. The molecule has 0 radical (unpaired) electrons. The molecule has 0 aliphatic carbocycles. The van der Waals surface area contributed by atoms with E-state index < -0.39 is 0 Å². The van der Waals surface area contributed by atoms with E-state index in [9.17, 15) is 9.59 Å². The highest BCUT2D eigenvalue weighted by atomic mass is 16.5. The van der Waals surface area contributed by atoms with Crippen molar-refractivity contribution in [3.8, 4) is 0 Å². The maximum Gasteiger partial charge on any atom is 0.337 e. The minimum atomic E-state index is -0.365. The molecule has 5 nitrogen and oxygen atoms in total. The zero-order chi connectivity index (χ0) is 20.9. The van der Waals surface area contributed by atoms with Crippen LogP contribution in [0.5, 0.6) is 0 Å². The van der Waals surface area contributed by atoms with Crippen molar-refractivity contribution in [2.45, 2.75) is 12.7 Å². The minimum Gasteiger partial charge on any atom is -0.465 e. The van der Waals surface area contributed by atoms with Crippen LogP contribution in [0.1, 0.15) is 31.8 Å². The number of anilines is 1. The Bertz CT molecular complexity index is 1080. The number of hydrogen-bond donors (Lipinski definition) is 1. The van der Waals surface area contributed by atoms with Gasteiger partial charge in [0, 0.05) is 6.54 Å². The highest BCUT2D eigenvalue weighted by Gasteiger charge is 2.28. The molecular weight excluding hydrogens is 376 g/mol. The summed E-state index contributed by atoms with van der Waals surface area (Å²) in [6.45, 7) is 0.661. The number of benzene rings is 3. The molecule has 5 heteroatoms. The maximum atomic E-state index is 12.6. The van der Waals surface area contributed by atoms with Gasteiger partial charge in [0.15, 0.2) is 0 Å². The van der Waals surface area contributed by atoms with Gasteiger partial charge in [-0.25, -0.2) is 4.79 Å². The molecule has 0 spiro atoms. The lowest BCUT2D eigenvalue weighted by Crippen LogP contribution is -2.51. The lowest BCUT2D eigenvalue weighted by atomic mass is 10.0. The number of amides is 1. The van der Waals surface area contributed by atoms with E-state index in [1.165, 1.54) is 7.11 Å². The predicted octanol–water partition coefficient (Wildman–Crippen LogP) is 4.26. The molecule has 0 saturated heterocycles. The van der Waals surface area contributed by atoms with Crippen LogP contribution >= 0.6 is 0 Å². The fourth-order valence-corrected chi connectivity index (χ4v) is 3.52. The third kappa shape index (κ3) is 4.10. The number of esters is 1. The summed E-state index contributed by atoms with van der Waals surface area (Å²) in [5.41, 5.74) is 4.15. The molecule has 1 N–H and O–H groups in total. The number of fused-ring (bicyclic) bond motifs is 1. The summed E-state index contributed by atoms with van der Waals surface area (Å²) in [6.07, 6.45) is 3.61. The second-order valence-corrected chi connectivity index (χ2v) is 7.02. The van der Waals surface area contributed by atoms with Crippen molar-refractivity contribution < 1.29 is 14.3 Å². The van der Waals surface area contributed by atoms with Crippen molar-refractivity contribution in [1.82, 2.24) is 5.32 Å². The molecule has 0 bridgehead atoms. The summed E-state index contributed by atoms with van der Waals surface area (Å²) in [4.78, 5) is 26.4. The molecule has 1 heterocycles. The van der Waals surface area contributed by atoms with Gasteiger partial charge in [0.1, 0.15) is 6.17 Å². The Morgan fingerprint density at radius 2 is 1.70 bits per heavy atom. The van der Waals surface area contributed by atoms with Gasteiger partial charge in [-0.15, -0.1) is 0 Å². The quantitative estimate of drug-likeness (QED) is 0.653. The molecule has 0 fully saturated rings. The van der Waals surface area contributed by atoms with Crippen molar-refractivity contribution >= 4 is 23.6 Å². The number of rotatable bonds is 5. The van der Waals surface area contributed by atoms with E-state index >= 15 is 0 Å². The monoisotopic (exact) mass is 398 g/mol. The molecular formula is C25H22N2O3. The zero-order valence-corrected chi connectivity index (χ0v) is 16.6. The summed E-state index contributed by atoms with van der Waals surface area (Å²) in [5, 5.41) is 3.08. The SMILES string of the molecule is COC(=O)c1ccc(/C=C/C2NC(=O)c3ccccc3N2Cc2ccccc2)cc1. The molecule has 1 amide bonds. The number of carbonyl (C=O) groups is 2. The van der Waals surface area contributed by atoms with Crippen molar-refractivity contribution in [2.75, 3.05) is 12.0 Å². The van der Waals surface area contributed by atoms with Gasteiger partial charge in [0.2, 0.25) is 0 Å². The van der Waals surface area contributed by atoms with Crippen LogP contribution in [-0.2, 0) is 11.3 Å². The van der Waals surface area contributed by atoms with Crippen LogP contribution in [0.3, 0.4) is 0 Å². The fraction of sp³-hybridized carbons (Fsp3) is 0.120. The third-order valence-corrected chi connectivity index (χ3v) is 5.07. The lowest BCUT2D eigenvalue weighted by Gasteiger charge is -2.37. The smallest absolute Gasteiger partial charge is 0.337 e. The van der Waals surface area contributed by atoms with Crippen LogP contribution < -0.4 is 10.2 Å². The Balaban J connectivity index is 1.62. The number of carbonyl (C=O) groups excluding carboxylic acids is 2. The summed E-state index contributed by atoms with van der Waals surface area (Å²) in [7, 11) is 1.36. The minimum absolute atomic E-state index is 0.0920. The molecule has 150 valence electrons. The van der Waals surface area contributed by atoms with Crippen molar-refractivity contribution in [2.24, 2.45) is 0 Å². The van der Waals surface area contributed by atoms with Gasteiger partial charge in [-0.3, -0.25) is 4.79 Å². The second kappa shape index (κ2) is 8.66. The van der Waals surface area contributed by atoms with E-state index in [0.717, 1.165) is 16.8 Å². The van der Waals surface area contributed by atoms with Crippen molar-refractivity contribution in [3.63, 3.8) is 0 Å². The molecule has 0 aromatic heterocycles. The number of hydrogen-bond acceptors (Lipinski definition) is 4. The molecule has 1 aliphatic rings. The molecule has 0 saturated carbocycles. The van der Waals surface area contributed by atoms with E-state index in [4.69, 9.17) is 4.74 Å². The normalized spacial score (nSPS) is 15.6. The molecule has 4 rings (SSSR count). The van der Waals surface area contributed by atoms with Gasteiger partial charge in [-0.2, -0.15) is 0 Å². The number of nitrogens with one attached hydrogen (secondary N) is 1. The Hall–Kier alpha value is -3.86. The van der Waals surface area contributed by atoms with E-state index in [1.807, 2.05) is 66.7 Å². The highest BCUT2D eigenvalue weighted by molar-refractivity contribution is 6.02. The van der Waals surface area contributed by atoms with Gasteiger partial charge in [-0.05, 0) is 41.5 Å². The van der Waals surface area contributed by atoms with Crippen molar-refractivity contribution in [1.29, 1.82) is 0 Å². The van der Waals surface area contributed by atoms with Crippen LogP contribution in [0.2, 0.25) is 0 Å².